The number of hydrogen-bond acceptors (Lipinski definition) is 3. The van der Waals surface area contributed by atoms with Gasteiger partial charge in [-0.05, 0) is 69.1 Å². The van der Waals surface area contributed by atoms with E-state index in [0.717, 1.165) is 30.0 Å². The summed E-state index contributed by atoms with van der Waals surface area (Å²) in [6, 6.07) is 0.0581. The van der Waals surface area contributed by atoms with E-state index in [2.05, 4.69) is 31.7 Å². The molecule has 2 N–H and O–H groups in total. The molecular weight excluding hydrogens is 334 g/mol. The second-order valence-corrected chi connectivity index (χ2v) is 8.79. The van der Waals surface area contributed by atoms with Gasteiger partial charge in [0.05, 0.1) is 12.1 Å². The first-order valence-corrected chi connectivity index (χ1v) is 11.3. The maximum atomic E-state index is 6.57. The second-order valence-electron chi connectivity index (χ2n) is 8.79. The molecule has 1 aromatic heterocycles. The third kappa shape index (κ3) is 5.57. The molecule has 2 aliphatic rings. The Morgan fingerprint density at radius 1 is 1.11 bits per heavy atom. The van der Waals surface area contributed by atoms with E-state index in [1.807, 2.05) is 21.0 Å². The molecular formula is C23H43N3O. The fourth-order valence-corrected chi connectivity index (χ4v) is 5.05. The van der Waals surface area contributed by atoms with E-state index in [4.69, 9.17) is 15.5 Å². The van der Waals surface area contributed by atoms with Crippen molar-refractivity contribution >= 4 is 0 Å². The summed E-state index contributed by atoms with van der Waals surface area (Å²) in [7, 11) is 4.00. The molecule has 27 heavy (non-hydrogen) atoms. The van der Waals surface area contributed by atoms with Crippen LogP contribution in [0.25, 0.3) is 0 Å². The van der Waals surface area contributed by atoms with E-state index in [-0.39, 0.29) is 6.04 Å². The first-order chi connectivity index (χ1) is 13.0. The van der Waals surface area contributed by atoms with Crippen molar-refractivity contribution in [2.75, 3.05) is 7.11 Å². The van der Waals surface area contributed by atoms with E-state index < -0.39 is 0 Å². The molecule has 2 aliphatic carbocycles. The highest BCUT2D eigenvalue weighted by Crippen LogP contribution is 2.40. The molecule has 0 radical (unpaired) electrons. The minimum Gasteiger partial charge on any atom is -0.381 e. The van der Waals surface area contributed by atoms with Crippen molar-refractivity contribution in [2.24, 2.45) is 30.5 Å². The number of nitrogens with zero attached hydrogens (tertiary/aromatic N) is 2. The minimum atomic E-state index is 0.0581. The van der Waals surface area contributed by atoms with E-state index in [9.17, 15) is 0 Å². The van der Waals surface area contributed by atoms with Gasteiger partial charge in [0.25, 0.3) is 0 Å². The van der Waals surface area contributed by atoms with Crippen molar-refractivity contribution in [3.05, 3.63) is 17.7 Å². The molecule has 0 spiro atoms. The third-order valence-electron chi connectivity index (χ3n) is 7.12. The third-order valence-corrected chi connectivity index (χ3v) is 7.12. The fourth-order valence-electron chi connectivity index (χ4n) is 5.05. The van der Waals surface area contributed by atoms with Crippen LogP contribution in [-0.2, 0) is 11.8 Å². The van der Waals surface area contributed by atoms with Crippen molar-refractivity contribution in [1.82, 2.24) is 9.55 Å². The van der Waals surface area contributed by atoms with E-state index in [1.54, 1.807) is 0 Å². The summed E-state index contributed by atoms with van der Waals surface area (Å²) in [6.45, 7) is 8.79. The number of rotatable bonds is 5. The van der Waals surface area contributed by atoms with E-state index in [1.165, 1.54) is 50.6 Å². The van der Waals surface area contributed by atoms with Gasteiger partial charge in [-0.3, -0.25) is 0 Å². The number of hydrogen-bond donors (Lipinski definition) is 1. The average molecular weight is 378 g/mol. The van der Waals surface area contributed by atoms with Crippen LogP contribution in [-0.4, -0.2) is 22.8 Å². The van der Waals surface area contributed by atoms with Crippen LogP contribution in [0.2, 0.25) is 0 Å². The summed E-state index contributed by atoms with van der Waals surface area (Å²) in [5, 5.41) is 0. The minimum absolute atomic E-state index is 0.0581. The Bertz CT molecular complexity index is 548. The molecule has 1 heterocycles. The van der Waals surface area contributed by atoms with Crippen LogP contribution in [0.4, 0.5) is 0 Å². The molecule has 0 amide bonds. The summed E-state index contributed by atoms with van der Waals surface area (Å²) in [6.07, 6.45) is 12.4. The van der Waals surface area contributed by atoms with Crippen molar-refractivity contribution < 1.29 is 4.74 Å². The van der Waals surface area contributed by atoms with Gasteiger partial charge in [0.15, 0.2) is 0 Å². The Balaban J connectivity index is 0.00000126. The first-order valence-electron chi connectivity index (χ1n) is 11.3. The summed E-state index contributed by atoms with van der Waals surface area (Å²) in [5.41, 5.74) is 7.97. The number of ether oxygens (including phenoxy) is 1. The summed E-state index contributed by atoms with van der Waals surface area (Å²) in [4.78, 5) is 4.74. The topological polar surface area (TPSA) is 53.1 Å². The Hall–Kier alpha value is -0.870. The van der Waals surface area contributed by atoms with Gasteiger partial charge in [-0.2, -0.15) is 0 Å². The lowest BCUT2D eigenvalue weighted by molar-refractivity contribution is 0.0543. The van der Waals surface area contributed by atoms with Gasteiger partial charge < -0.3 is 15.0 Å². The number of nitrogens with two attached hydrogens (primary N) is 1. The Morgan fingerprint density at radius 2 is 1.78 bits per heavy atom. The largest absolute Gasteiger partial charge is 0.381 e. The predicted octanol–water partition coefficient (Wildman–Crippen LogP) is 5.58. The van der Waals surface area contributed by atoms with Gasteiger partial charge in [0.1, 0.15) is 5.82 Å². The normalized spacial score (nSPS) is 32.5. The molecule has 4 nitrogen and oxygen atoms in total. The second kappa shape index (κ2) is 10.6. The van der Waals surface area contributed by atoms with E-state index in [0.29, 0.717) is 12.0 Å². The lowest BCUT2D eigenvalue weighted by Gasteiger charge is -2.32. The van der Waals surface area contributed by atoms with Gasteiger partial charge in [-0.1, -0.05) is 27.7 Å². The Labute approximate surface area is 167 Å². The quantitative estimate of drug-likeness (QED) is 0.728. The zero-order valence-electron chi connectivity index (χ0n) is 18.6. The molecule has 1 aromatic rings. The highest BCUT2D eigenvalue weighted by atomic mass is 16.5. The maximum absolute atomic E-state index is 6.57. The van der Waals surface area contributed by atoms with Gasteiger partial charge in [0.2, 0.25) is 0 Å². The molecule has 2 saturated carbocycles. The van der Waals surface area contributed by atoms with Gasteiger partial charge in [-0.15, -0.1) is 0 Å². The molecule has 0 saturated heterocycles. The zero-order chi connectivity index (χ0) is 20.0. The molecule has 3 unspecified atom stereocenters. The van der Waals surface area contributed by atoms with Gasteiger partial charge in [-0.25, -0.2) is 4.98 Å². The van der Waals surface area contributed by atoms with Crippen LogP contribution >= 0.6 is 0 Å². The van der Waals surface area contributed by atoms with Crippen LogP contribution in [0, 0.1) is 17.8 Å². The average Bonchev–Trinajstić information content (AvgIpc) is 3.08. The van der Waals surface area contributed by atoms with Crippen molar-refractivity contribution in [2.45, 2.75) is 97.1 Å². The number of imidazole rings is 1. The number of methoxy groups -OCH3 is 1. The highest BCUT2D eigenvalue weighted by molar-refractivity contribution is 5.14. The molecule has 0 bridgehead atoms. The molecule has 4 heteroatoms. The maximum Gasteiger partial charge on any atom is 0.125 e. The smallest absolute Gasteiger partial charge is 0.125 e. The van der Waals surface area contributed by atoms with Crippen LogP contribution in [0.1, 0.15) is 103 Å². The zero-order valence-corrected chi connectivity index (χ0v) is 18.6. The molecule has 156 valence electrons. The molecule has 0 aliphatic heterocycles. The summed E-state index contributed by atoms with van der Waals surface area (Å²) < 4.78 is 7.79. The first kappa shape index (κ1) is 22.4. The highest BCUT2D eigenvalue weighted by Gasteiger charge is 2.29. The lowest BCUT2D eigenvalue weighted by atomic mass is 9.75. The lowest BCUT2D eigenvalue weighted by Crippen LogP contribution is -2.25. The monoisotopic (exact) mass is 377 g/mol. The standard InChI is InChI=1S/C21H37N3O.C2H6/c1-14-5-8-17(11-15(14)2)20-13-23-21(24(20)3)19(22)12-16-6-9-18(25-4)10-7-16;1-2/h13-19H,5-12,22H2,1-4H3;1-2H3/t14?,15?,16?,17?,18?,19-;/m0./s1. The summed E-state index contributed by atoms with van der Waals surface area (Å²) >= 11 is 0. The van der Waals surface area contributed by atoms with Crippen LogP contribution in [0.5, 0.6) is 0 Å². The summed E-state index contributed by atoms with van der Waals surface area (Å²) in [5.74, 6) is 4.12. The SMILES string of the molecule is CC.COC1CCC(C[C@H](N)c2ncc(C3CCC(C)C(C)C3)n2C)CC1. The number of aromatic nitrogens is 2. The van der Waals surface area contributed by atoms with Crippen LogP contribution in [0.15, 0.2) is 6.20 Å². The predicted molar refractivity (Wildman–Crippen MR) is 114 cm³/mol. The van der Waals surface area contributed by atoms with Gasteiger partial charge in [0, 0.05) is 32.0 Å². The van der Waals surface area contributed by atoms with Crippen molar-refractivity contribution in [3.8, 4) is 0 Å². The van der Waals surface area contributed by atoms with Crippen molar-refractivity contribution in [3.63, 3.8) is 0 Å². The fraction of sp³-hybridized carbons (Fsp3) is 0.870. The van der Waals surface area contributed by atoms with Gasteiger partial charge >= 0.3 is 0 Å². The molecule has 0 aromatic carbocycles. The van der Waals surface area contributed by atoms with Crippen LogP contribution < -0.4 is 5.73 Å². The molecule has 3 rings (SSSR count). The Morgan fingerprint density at radius 3 is 2.37 bits per heavy atom. The molecule has 2 fully saturated rings. The van der Waals surface area contributed by atoms with Crippen molar-refractivity contribution in [1.29, 1.82) is 0 Å². The Kier molecular flexibility index (Phi) is 8.81. The molecule has 4 atom stereocenters. The van der Waals surface area contributed by atoms with Crippen LogP contribution in [0.3, 0.4) is 0 Å². The van der Waals surface area contributed by atoms with E-state index >= 15 is 0 Å².